The molecule has 0 amide bonds. The highest BCUT2D eigenvalue weighted by molar-refractivity contribution is 5.97. The number of Topliss-reactive ketones (excluding diaryl/α,β-unsaturated/α-hetero) is 1. The molecule has 126 valence electrons. The Morgan fingerprint density at radius 3 is 2.43 bits per heavy atom. The second kappa shape index (κ2) is 7.99. The van der Waals surface area contributed by atoms with Crippen LogP contribution in [0.1, 0.15) is 49.9 Å². The number of hydrogen-bond donors (Lipinski definition) is 0. The van der Waals surface area contributed by atoms with Gasteiger partial charge >= 0.3 is 5.97 Å². The van der Waals surface area contributed by atoms with Crippen molar-refractivity contribution in [2.75, 3.05) is 13.7 Å². The van der Waals surface area contributed by atoms with Crippen molar-refractivity contribution in [2.45, 2.75) is 45.6 Å². The first-order valence-corrected chi connectivity index (χ1v) is 8.07. The molecule has 0 saturated heterocycles. The van der Waals surface area contributed by atoms with E-state index in [0.29, 0.717) is 23.7 Å². The molecule has 0 atom stereocenters. The van der Waals surface area contributed by atoms with Gasteiger partial charge in [-0.25, -0.2) is 0 Å². The van der Waals surface area contributed by atoms with Gasteiger partial charge in [-0.3, -0.25) is 9.59 Å². The zero-order valence-electron chi connectivity index (χ0n) is 14.0. The molecule has 1 aliphatic rings. The van der Waals surface area contributed by atoms with Crippen LogP contribution in [0.3, 0.4) is 0 Å². The van der Waals surface area contributed by atoms with Crippen molar-refractivity contribution in [3.63, 3.8) is 0 Å². The van der Waals surface area contributed by atoms with E-state index < -0.39 is 0 Å². The largest absolute Gasteiger partial charge is 0.496 e. The van der Waals surface area contributed by atoms with Crippen molar-refractivity contribution >= 4 is 11.8 Å². The summed E-state index contributed by atoms with van der Waals surface area (Å²) in [5, 5.41) is 0. The van der Waals surface area contributed by atoms with Crippen molar-refractivity contribution in [1.29, 1.82) is 0 Å². The maximum absolute atomic E-state index is 11.7. The van der Waals surface area contributed by atoms with E-state index in [1.54, 1.807) is 18.2 Å². The monoisotopic (exact) mass is 320 g/mol. The van der Waals surface area contributed by atoms with Crippen molar-refractivity contribution in [3.05, 3.63) is 23.8 Å². The molecule has 1 aromatic rings. The molecule has 1 aliphatic carbocycles. The van der Waals surface area contributed by atoms with E-state index in [9.17, 15) is 9.59 Å². The first kappa shape index (κ1) is 17.3. The van der Waals surface area contributed by atoms with Crippen LogP contribution in [0.5, 0.6) is 11.5 Å². The summed E-state index contributed by atoms with van der Waals surface area (Å²) in [7, 11) is 1.54. The van der Waals surface area contributed by atoms with Gasteiger partial charge in [-0.1, -0.05) is 0 Å². The Morgan fingerprint density at radius 2 is 1.87 bits per heavy atom. The van der Waals surface area contributed by atoms with Crippen LogP contribution in [-0.4, -0.2) is 31.6 Å². The molecule has 1 aromatic carbocycles. The molecule has 1 fully saturated rings. The quantitative estimate of drug-likeness (QED) is 0.594. The van der Waals surface area contributed by atoms with Crippen LogP contribution in [0.4, 0.5) is 0 Å². The fourth-order valence-electron chi connectivity index (χ4n) is 2.90. The maximum Gasteiger partial charge on any atom is 0.308 e. The molecule has 0 spiro atoms. The number of ketones is 1. The van der Waals surface area contributed by atoms with E-state index in [1.165, 1.54) is 14.0 Å². The molecule has 0 radical (unpaired) electrons. The van der Waals surface area contributed by atoms with Crippen LogP contribution in [0.15, 0.2) is 18.2 Å². The molecule has 0 heterocycles. The van der Waals surface area contributed by atoms with E-state index in [-0.39, 0.29) is 23.8 Å². The Balaban J connectivity index is 1.94. The lowest BCUT2D eigenvalue weighted by Crippen LogP contribution is -2.29. The van der Waals surface area contributed by atoms with Gasteiger partial charge in [0.25, 0.3) is 0 Å². The minimum Gasteiger partial charge on any atom is -0.496 e. The molecular formula is C18H24O5. The minimum absolute atomic E-state index is 0.00979. The number of esters is 1. The summed E-state index contributed by atoms with van der Waals surface area (Å²) in [5.74, 6) is 1.06. The first-order chi connectivity index (χ1) is 11.0. The van der Waals surface area contributed by atoms with Gasteiger partial charge in [-0.15, -0.1) is 0 Å². The van der Waals surface area contributed by atoms with Crippen LogP contribution in [0.25, 0.3) is 0 Å². The molecule has 0 aromatic heterocycles. The van der Waals surface area contributed by atoms with Gasteiger partial charge in [-0.2, -0.15) is 0 Å². The number of rotatable bonds is 6. The Hall–Kier alpha value is -2.04. The predicted molar refractivity (Wildman–Crippen MR) is 86.0 cm³/mol. The normalized spacial score (nSPS) is 20.7. The fraction of sp³-hybridized carbons (Fsp3) is 0.556. The number of ether oxygens (including phenoxy) is 3. The van der Waals surface area contributed by atoms with E-state index in [4.69, 9.17) is 14.2 Å². The van der Waals surface area contributed by atoms with Gasteiger partial charge in [0.05, 0.1) is 31.3 Å². The molecule has 1 saturated carbocycles. The second-order valence-corrected chi connectivity index (χ2v) is 5.76. The molecule has 0 N–H and O–H groups in total. The Morgan fingerprint density at radius 1 is 1.17 bits per heavy atom. The summed E-state index contributed by atoms with van der Waals surface area (Å²) in [4.78, 5) is 23.3. The topological polar surface area (TPSA) is 61.8 Å². The highest BCUT2D eigenvalue weighted by Crippen LogP contribution is 2.31. The van der Waals surface area contributed by atoms with Crippen LogP contribution in [0, 0.1) is 5.92 Å². The standard InChI is InChI=1S/C18H24O5/c1-4-22-18(20)13-5-7-14(8-6-13)23-15-9-10-16(12(2)19)17(11-15)21-3/h9-11,13-14H,4-8H2,1-3H3. The fourth-order valence-corrected chi connectivity index (χ4v) is 2.90. The summed E-state index contributed by atoms with van der Waals surface area (Å²) >= 11 is 0. The molecule has 23 heavy (non-hydrogen) atoms. The van der Waals surface area contributed by atoms with Crippen molar-refractivity contribution in [1.82, 2.24) is 0 Å². The smallest absolute Gasteiger partial charge is 0.308 e. The lowest BCUT2D eigenvalue weighted by atomic mass is 9.87. The van der Waals surface area contributed by atoms with Crippen molar-refractivity contribution in [2.24, 2.45) is 5.92 Å². The molecule has 5 nitrogen and oxygen atoms in total. The van der Waals surface area contributed by atoms with E-state index in [0.717, 1.165) is 25.7 Å². The summed E-state index contributed by atoms with van der Waals surface area (Å²) in [6.07, 6.45) is 3.28. The van der Waals surface area contributed by atoms with Gasteiger partial charge in [-0.05, 0) is 51.7 Å². The van der Waals surface area contributed by atoms with Crippen LogP contribution >= 0.6 is 0 Å². The van der Waals surface area contributed by atoms with E-state index >= 15 is 0 Å². The molecule has 5 heteroatoms. The average molecular weight is 320 g/mol. The lowest BCUT2D eigenvalue weighted by molar-refractivity contribution is -0.149. The number of hydrogen-bond acceptors (Lipinski definition) is 5. The highest BCUT2D eigenvalue weighted by atomic mass is 16.5. The first-order valence-electron chi connectivity index (χ1n) is 8.07. The van der Waals surface area contributed by atoms with Crippen LogP contribution in [0.2, 0.25) is 0 Å². The number of methoxy groups -OCH3 is 1. The third-order valence-electron chi connectivity index (χ3n) is 4.15. The average Bonchev–Trinajstić information content (AvgIpc) is 2.55. The van der Waals surface area contributed by atoms with E-state index in [2.05, 4.69) is 0 Å². The number of benzene rings is 1. The molecular weight excluding hydrogens is 296 g/mol. The Labute approximate surface area is 136 Å². The lowest BCUT2D eigenvalue weighted by Gasteiger charge is -2.28. The van der Waals surface area contributed by atoms with Crippen LogP contribution in [-0.2, 0) is 9.53 Å². The Kier molecular flexibility index (Phi) is 6.02. The van der Waals surface area contributed by atoms with Gasteiger partial charge < -0.3 is 14.2 Å². The number of carbonyl (C=O) groups excluding carboxylic acids is 2. The SMILES string of the molecule is CCOC(=O)C1CCC(Oc2ccc(C(C)=O)c(OC)c2)CC1. The van der Waals surface area contributed by atoms with Crippen LogP contribution < -0.4 is 9.47 Å². The maximum atomic E-state index is 11.7. The predicted octanol–water partition coefficient (Wildman–Crippen LogP) is 3.40. The zero-order valence-corrected chi connectivity index (χ0v) is 14.0. The summed E-state index contributed by atoms with van der Waals surface area (Å²) in [6, 6.07) is 5.26. The minimum atomic E-state index is -0.0987. The van der Waals surface area contributed by atoms with E-state index in [1.807, 2.05) is 6.92 Å². The molecule has 0 bridgehead atoms. The molecule has 0 unspecified atom stereocenters. The summed E-state index contributed by atoms with van der Waals surface area (Å²) in [6.45, 7) is 3.76. The van der Waals surface area contributed by atoms with Gasteiger partial charge in [0, 0.05) is 6.07 Å². The van der Waals surface area contributed by atoms with Gasteiger partial charge in [0.1, 0.15) is 11.5 Å². The number of carbonyl (C=O) groups is 2. The Bertz CT molecular complexity index is 559. The summed E-state index contributed by atoms with van der Waals surface area (Å²) < 4.78 is 16.3. The molecule has 0 aliphatic heterocycles. The van der Waals surface area contributed by atoms with Crippen molar-refractivity contribution in [3.8, 4) is 11.5 Å². The molecule has 2 rings (SSSR count). The van der Waals surface area contributed by atoms with Crippen molar-refractivity contribution < 1.29 is 23.8 Å². The second-order valence-electron chi connectivity index (χ2n) is 5.76. The third kappa shape index (κ3) is 4.47. The highest BCUT2D eigenvalue weighted by Gasteiger charge is 2.28. The van der Waals surface area contributed by atoms with Gasteiger partial charge in [0.15, 0.2) is 5.78 Å². The third-order valence-corrected chi connectivity index (χ3v) is 4.15. The summed E-state index contributed by atoms with van der Waals surface area (Å²) in [5.41, 5.74) is 0.547. The zero-order chi connectivity index (χ0) is 16.8. The van der Waals surface area contributed by atoms with Gasteiger partial charge in [0.2, 0.25) is 0 Å².